The van der Waals surface area contributed by atoms with Crippen molar-refractivity contribution in [3.63, 3.8) is 0 Å². The van der Waals surface area contributed by atoms with E-state index in [-0.39, 0.29) is 5.78 Å². The number of nitrogens with zero attached hydrogens (tertiary/aromatic N) is 3. The van der Waals surface area contributed by atoms with Crippen molar-refractivity contribution in [3.8, 4) is 5.69 Å². The second kappa shape index (κ2) is 3.82. The highest BCUT2D eigenvalue weighted by atomic mass is 35.5. The Morgan fingerprint density at radius 2 is 2.20 bits per heavy atom. The Kier molecular flexibility index (Phi) is 2.51. The third kappa shape index (κ3) is 2.05. The van der Waals surface area contributed by atoms with Gasteiger partial charge in [0.1, 0.15) is 5.69 Å². The Bertz CT molecular complexity index is 490. The van der Waals surface area contributed by atoms with E-state index in [0.29, 0.717) is 10.7 Å². The minimum absolute atomic E-state index is 0.0555. The number of carbonyl (C=O) groups is 1. The van der Waals surface area contributed by atoms with Gasteiger partial charge in [-0.2, -0.15) is 5.10 Å². The lowest BCUT2D eigenvalue weighted by Crippen LogP contribution is -1.99. The van der Waals surface area contributed by atoms with Crippen LogP contribution < -0.4 is 0 Å². The molecule has 0 amide bonds. The third-order valence-electron chi connectivity index (χ3n) is 1.92. The summed E-state index contributed by atoms with van der Waals surface area (Å²) in [6, 6.07) is 3.43. The number of aromatic nitrogens is 3. The summed E-state index contributed by atoms with van der Waals surface area (Å²) in [5.41, 5.74) is 1.21. The van der Waals surface area contributed by atoms with Crippen molar-refractivity contribution in [2.45, 2.75) is 6.92 Å². The molecule has 0 saturated heterocycles. The molecule has 4 nitrogen and oxygen atoms in total. The third-order valence-corrected chi connectivity index (χ3v) is 2.12. The predicted octanol–water partition coefficient (Wildman–Crippen LogP) is 2.12. The number of hydrogen-bond acceptors (Lipinski definition) is 3. The van der Waals surface area contributed by atoms with Crippen molar-refractivity contribution in [1.29, 1.82) is 0 Å². The van der Waals surface area contributed by atoms with Gasteiger partial charge < -0.3 is 0 Å². The summed E-state index contributed by atoms with van der Waals surface area (Å²) in [6.07, 6.45) is 4.80. The molecule has 2 rings (SSSR count). The maximum Gasteiger partial charge on any atom is 0.178 e. The lowest BCUT2D eigenvalue weighted by molar-refractivity contribution is 0.101. The fourth-order valence-corrected chi connectivity index (χ4v) is 1.31. The molecule has 0 aromatic carbocycles. The normalized spacial score (nSPS) is 10.3. The molecule has 0 N–H and O–H groups in total. The molecule has 15 heavy (non-hydrogen) atoms. The van der Waals surface area contributed by atoms with Crippen LogP contribution in [0.25, 0.3) is 5.69 Å². The van der Waals surface area contributed by atoms with E-state index >= 15 is 0 Å². The molecule has 0 fully saturated rings. The van der Waals surface area contributed by atoms with Gasteiger partial charge >= 0.3 is 0 Å². The second-order valence-corrected chi connectivity index (χ2v) is 3.50. The van der Waals surface area contributed by atoms with Crippen LogP contribution in [0.15, 0.2) is 30.7 Å². The summed E-state index contributed by atoms with van der Waals surface area (Å²) in [4.78, 5) is 15.0. The van der Waals surface area contributed by atoms with Crippen LogP contribution in [-0.2, 0) is 0 Å². The van der Waals surface area contributed by atoms with Gasteiger partial charge in [0.2, 0.25) is 0 Å². The Balaban J connectivity index is 2.35. The quantitative estimate of drug-likeness (QED) is 0.730. The summed E-state index contributed by atoms with van der Waals surface area (Å²) < 4.78 is 1.60. The number of pyridine rings is 1. The van der Waals surface area contributed by atoms with Crippen molar-refractivity contribution in [2.24, 2.45) is 0 Å². The van der Waals surface area contributed by atoms with Crippen LogP contribution in [0.5, 0.6) is 0 Å². The predicted molar refractivity (Wildman–Crippen MR) is 56.4 cm³/mol. The molecular weight excluding hydrogens is 214 g/mol. The van der Waals surface area contributed by atoms with Crippen LogP contribution in [0.2, 0.25) is 5.02 Å². The zero-order valence-electron chi connectivity index (χ0n) is 8.01. The highest BCUT2D eigenvalue weighted by molar-refractivity contribution is 6.30. The van der Waals surface area contributed by atoms with Gasteiger partial charge in [-0.25, -0.2) is 4.68 Å². The summed E-state index contributed by atoms with van der Waals surface area (Å²) in [5.74, 6) is -0.0555. The second-order valence-electron chi connectivity index (χ2n) is 3.06. The SMILES string of the molecule is CC(=O)c1ccc(-n2cc(Cl)cn2)cn1. The molecule has 0 unspecified atom stereocenters. The number of hydrogen-bond donors (Lipinski definition) is 0. The van der Waals surface area contributed by atoms with E-state index in [2.05, 4.69) is 10.1 Å². The Morgan fingerprint density at radius 1 is 1.40 bits per heavy atom. The summed E-state index contributed by atoms with van der Waals surface area (Å²) in [5, 5.41) is 4.58. The van der Waals surface area contributed by atoms with E-state index in [0.717, 1.165) is 5.69 Å². The zero-order chi connectivity index (χ0) is 10.8. The molecule has 0 aliphatic rings. The van der Waals surface area contributed by atoms with E-state index < -0.39 is 0 Å². The van der Waals surface area contributed by atoms with Crippen LogP contribution in [0, 0.1) is 0 Å². The standard InChI is InChI=1S/C10H8ClN3O/c1-7(15)10-3-2-9(5-12-10)14-6-8(11)4-13-14/h2-6H,1H3. The lowest BCUT2D eigenvalue weighted by atomic mass is 10.2. The lowest BCUT2D eigenvalue weighted by Gasteiger charge is -2.00. The Labute approximate surface area is 91.5 Å². The molecule has 5 heteroatoms. The molecule has 0 aliphatic carbocycles. The van der Waals surface area contributed by atoms with Crippen molar-refractivity contribution in [3.05, 3.63) is 41.4 Å². The van der Waals surface area contributed by atoms with Crippen molar-refractivity contribution < 1.29 is 4.79 Å². The zero-order valence-corrected chi connectivity index (χ0v) is 8.77. The van der Waals surface area contributed by atoms with Crippen molar-refractivity contribution in [2.75, 3.05) is 0 Å². The summed E-state index contributed by atoms with van der Waals surface area (Å²) in [7, 11) is 0. The summed E-state index contributed by atoms with van der Waals surface area (Å²) >= 11 is 5.73. The van der Waals surface area contributed by atoms with Crippen LogP contribution in [0.3, 0.4) is 0 Å². The molecule has 0 saturated carbocycles. The first-order chi connectivity index (χ1) is 7.16. The molecule has 0 atom stereocenters. The number of rotatable bonds is 2. The number of halogens is 1. The van der Waals surface area contributed by atoms with Crippen LogP contribution >= 0.6 is 11.6 Å². The first-order valence-electron chi connectivity index (χ1n) is 4.34. The molecule has 0 aliphatic heterocycles. The smallest absolute Gasteiger partial charge is 0.178 e. The van der Waals surface area contributed by atoms with E-state index in [1.54, 1.807) is 35.4 Å². The van der Waals surface area contributed by atoms with Crippen molar-refractivity contribution in [1.82, 2.24) is 14.8 Å². The van der Waals surface area contributed by atoms with Crippen molar-refractivity contribution >= 4 is 17.4 Å². The largest absolute Gasteiger partial charge is 0.293 e. The van der Waals surface area contributed by atoms with E-state index in [1.165, 1.54) is 6.92 Å². The number of ketones is 1. The van der Waals surface area contributed by atoms with Crippen LogP contribution in [0.4, 0.5) is 0 Å². The fourth-order valence-electron chi connectivity index (χ4n) is 1.17. The van der Waals surface area contributed by atoms with Gasteiger partial charge in [0.15, 0.2) is 5.78 Å². The highest BCUT2D eigenvalue weighted by Gasteiger charge is 2.02. The Morgan fingerprint density at radius 3 is 2.67 bits per heavy atom. The average Bonchev–Trinajstić information content (AvgIpc) is 2.65. The minimum Gasteiger partial charge on any atom is -0.293 e. The Hall–Kier alpha value is -1.68. The van der Waals surface area contributed by atoms with Crippen LogP contribution in [-0.4, -0.2) is 20.5 Å². The van der Waals surface area contributed by atoms with Crippen LogP contribution in [0.1, 0.15) is 17.4 Å². The molecule has 2 aromatic rings. The minimum atomic E-state index is -0.0555. The fraction of sp³-hybridized carbons (Fsp3) is 0.100. The van der Waals surface area contributed by atoms with Gasteiger partial charge in [0.25, 0.3) is 0 Å². The highest BCUT2D eigenvalue weighted by Crippen LogP contribution is 2.11. The maximum absolute atomic E-state index is 11.0. The monoisotopic (exact) mass is 221 g/mol. The maximum atomic E-state index is 11.0. The average molecular weight is 222 g/mol. The molecule has 2 heterocycles. The van der Waals surface area contributed by atoms with E-state index in [9.17, 15) is 4.79 Å². The van der Waals surface area contributed by atoms with Gasteiger partial charge in [0, 0.05) is 13.1 Å². The van der Waals surface area contributed by atoms with Gasteiger partial charge in [-0.15, -0.1) is 0 Å². The first-order valence-corrected chi connectivity index (χ1v) is 4.72. The van der Waals surface area contributed by atoms with Gasteiger partial charge in [-0.1, -0.05) is 11.6 Å². The van der Waals surface area contributed by atoms with E-state index in [1.807, 2.05) is 0 Å². The number of carbonyl (C=O) groups excluding carboxylic acids is 1. The molecule has 0 spiro atoms. The first kappa shape index (κ1) is 9.86. The topological polar surface area (TPSA) is 47.8 Å². The van der Waals surface area contributed by atoms with E-state index in [4.69, 9.17) is 11.6 Å². The van der Waals surface area contributed by atoms with Gasteiger partial charge in [0.05, 0.1) is 23.1 Å². The summed E-state index contributed by atoms with van der Waals surface area (Å²) in [6.45, 7) is 1.48. The molecular formula is C10H8ClN3O. The molecule has 0 radical (unpaired) electrons. The van der Waals surface area contributed by atoms with Gasteiger partial charge in [-0.3, -0.25) is 9.78 Å². The number of Topliss-reactive ketones (excluding diaryl/α,β-unsaturated/α-hetero) is 1. The van der Waals surface area contributed by atoms with Gasteiger partial charge in [-0.05, 0) is 12.1 Å². The molecule has 0 bridgehead atoms. The molecule has 2 aromatic heterocycles. The molecule has 76 valence electrons.